The fraction of sp³-hybridized carbons (Fsp3) is 0.462. The van der Waals surface area contributed by atoms with Gasteiger partial charge in [-0.2, -0.15) is 12.6 Å². The zero-order chi connectivity index (χ0) is 11.9. The molecular weight excluding hydrogens is 234 g/mol. The van der Waals surface area contributed by atoms with E-state index in [-0.39, 0.29) is 5.41 Å². The Kier molecular flexibility index (Phi) is 2.64. The standard InChI is InChI=1S/C13H15NO2S/c1-9-14-11-6-10(2-3-12(11)16-9)13(4-5-17)7-15-8-13/h2-3,6,17H,4-5,7-8H2,1H3. The van der Waals surface area contributed by atoms with Gasteiger partial charge in [0.2, 0.25) is 0 Å². The third-order valence-electron chi connectivity index (χ3n) is 3.45. The van der Waals surface area contributed by atoms with E-state index in [2.05, 4.69) is 29.7 Å². The summed E-state index contributed by atoms with van der Waals surface area (Å²) >= 11 is 4.34. The number of ether oxygens (including phenoxy) is 1. The van der Waals surface area contributed by atoms with Crippen molar-refractivity contribution >= 4 is 23.7 Å². The lowest BCUT2D eigenvalue weighted by molar-refractivity contribution is -0.0613. The Hall–Kier alpha value is -1.00. The van der Waals surface area contributed by atoms with Gasteiger partial charge in [0.25, 0.3) is 0 Å². The molecule has 0 saturated carbocycles. The maximum Gasteiger partial charge on any atom is 0.192 e. The molecule has 3 rings (SSSR count). The van der Waals surface area contributed by atoms with Crippen molar-refractivity contribution in [3.05, 3.63) is 29.7 Å². The molecule has 3 nitrogen and oxygen atoms in total. The van der Waals surface area contributed by atoms with Crippen LogP contribution in [-0.4, -0.2) is 24.0 Å². The highest BCUT2D eigenvalue weighted by Gasteiger charge is 2.39. The van der Waals surface area contributed by atoms with E-state index < -0.39 is 0 Å². The number of hydrogen-bond donors (Lipinski definition) is 1. The molecular formula is C13H15NO2S. The molecule has 0 bridgehead atoms. The van der Waals surface area contributed by atoms with E-state index in [9.17, 15) is 0 Å². The highest BCUT2D eigenvalue weighted by molar-refractivity contribution is 7.80. The quantitative estimate of drug-likeness (QED) is 0.849. The van der Waals surface area contributed by atoms with Crippen LogP contribution >= 0.6 is 12.6 Å². The van der Waals surface area contributed by atoms with Crippen molar-refractivity contribution in [1.29, 1.82) is 0 Å². The first-order valence-electron chi connectivity index (χ1n) is 5.80. The van der Waals surface area contributed by atoms with Crippen LogP contribution in [0.25, 0.3) is 11.1 Å². The molecule has 2 heterocycles. The van der Waals surface area contributed by atoms with Crippen LogP contribution in [0.3, 0.4) is 0 Å². The van der Waals surface area contributed by atoms with Crippen molar-refractivity contribution in [3.8, 4) is 0 Å². The summed E-state index contributed by atoms with van der Waals surface area (Å²) < 4.78 is 10.9. The molecule has 1 saturated heterocycles. The molecule has 1 aliphatic heterocycles. The van der Waals surface area contributed by atoms with Gasteiger partial charge in [0, 0.05) is 12.3 Å². The van der Waals surface area contributed by atoms with Gasteiger partial charge in [-0.3, -0.25) is 0 Å². The number of oxazole rings is 1. The molecule has 2 aromatic rings. The number of benzene rings is 1. The minimum Gasteiger partial charge on any atom is -0.441 e. The molecule has 0 aliphatic carbocycles. The number of aryl methyl sites for hydroxylation is 1. The number of thiol groups is 1. The summed E-state index contributed by atoms with van der Waals surface area (Å²) in [4.78, 5) is 4.38. The molecule has 4 heteroatoms. The van der Waals surface area contributed by atoms with E-state index in [4.69, 9.17) is 9.15 Å². The largest absolute Gasteiger partial charge is 0.441 e. The van der Waals surface area contributed by atoms with Crippen LogP contribution in [0.1, 0.15) is 17.9 Å². The average molecular weight is 249 g/mol. The van der Waals surface area contributed by atoms with E-state index in [1.807, 2.05) is 13.0 Å². The first-order valence-corrected chi connectivity index (χ1v) is 6.43. The van der Waals surface area contributed by atoms with Gasteiger partial charge in [-0.15, -0.1) is 0 Å². The third kappa shape index (κ3) is 1.76. The molecule has 0 N–H and O–H groups in total. The van der Waals surface area contributed by atoms with Crippen LogP contribution in [-0.2, 0) is 10.2 Å². The van der Waals surface area contributed by atoms with Gasteiger partial charge < -0.3 is 9.15 Å². The second kappa shape index (κ2) is 4.03. The highest BCUT2D eigenvalue weighted by atomic mass is 32.1. The van der Waals surface area contributed by atoms with Crippen molar-refractivity contribution in [2.75, 3.05) is 19.0 Å². The molecule has 1 fully saturated rings. The Morgan fingerprint density at radius 1 is 1.41 bits per heavy atom. The maximum absolute atomic E-state index is 5.49. The van der Waals surface area contributed by atoms with Crippen LogP contribution < -0.4 is 0 Å². The molecule has 0 atom stereocenters. The van der Waals surface area contributed by atoms with E-state index in [0.717, 1.165) is 36.5 Å². The van der Waals surface area contributed by atoms with Gasteiger partial charge in [-0.05, 0) is 29.9 Å². The lowest BCUT2D eigenvalue weighted by Crippen LogP contribution is -2.47. The topological polar surface area (TPSA) is 35.3 Å². The SMILES string of the molecule is Cc1nc2cc(C3(CCS)COC3)ccc2o1. The summed E-state index contributed by atoms with van der Waals surface area (Å²) in [6, 6.07) is 6.25. The van der Waals surface area contributed by atoms with Crippen molar-refractivity contribution in [1.82, 2.24) is 4.98 Å². The number of fused-ring (bicyclic) bond motifs is 1. The summed E-state index contributed by atoms with van der Waals surface area (Å²) in [6.45, 7) is 3.45. The molecule has 1 aromatic carbocycles. The number of aromatic nitrogens is 1. The molecule has 0 spiro atoms. The molecule has 0 amide bonds. The normalized spacial score (nSPS) is 18.2. The minimum atomic E-state index is 0.142. The number of nitrogens with zero attached hydrogens (tertiary/aromatic N) is 1. The Bertz CT molecular complexity index is 545. The monoisotopic (exact) mass is 249 g/mol. The second-order valence-electron chi connectivity index (χ2n) is 4.66. The van der Waals surface area contributed by atoms with Gasteiger partial charge in [-0.25, -0.2) is 4.98 Å². The van der Waals surface area contributed by atoms with Gasteiger partial charge in [0.15, 0.2) is 11.5 Å². The average Bonchev–Trinajstić information content (AvgIpc) is 2.62. The van der Waals surface area contributed by atoms with Crippen molar-refractivity contribution < 1.29 is 9.15 Å². The number of rotatable bonds is 3. The van der Waals surface area contributed by atoms with E-state index >= 15 is 0 Å². The zero-order valence-corrected chi connectivity index (χ0v) is 10.7. The van der Waals surface area contributed by atoms with Crippen LogP contribution in [0.2, 0.25) is 0 Å². The van der Waals surface area contributed by atoms with Gasteiger partial charge in [-0.1, -0.05) is 6.07 Å². The van der Waals surface area contributed by atoms with Crippen LogP contribution in [0.5, 0.6) is 0 Å². The van der Waals surface area contributed by atoms with Crippen LogP contribution in [0.15, 0.2) is 22.6 Å². The zero-order valence-electron chi connectivity index (χ0n) is 9.77. The summed E-state index contributed by atoms with van der Waals surface area (Å²) in [5, 5.41) is 0. The molecule has 0 radical (unpaired) electrons. The first kappa shape index (κ1) is 11.1. The molecule has 90 valence electrons. The molecule has 1 aliphatic rings. The highest BCUT2D eigenvalue weighted by Crippen LogP contribution is 2.37. The van der Waals surface area contributed by atoms with Gasteiger partial charge >= 0.3 is 0 Å². The summed E-state index contributed by atoms with van der Waals surface area (Å²) in [7, 11) is 0. The van der Waals surface area contributed by atoms with E-state index in [1.54, 1.807) is 0 Å². The Morgan fingerprint density at radius 2 is 2.24 bits per heavy atom. The Labute approximate surface area is 106 Å². The molecule has 0 unspecified atom stereocenters. The van der Waals surface area contributed by atoms with Crippen molar-refractivity contribution in [3.63, 3.8) is 0 Å². The van der Waals surface area contributed by atoms with Crippen molar-refractivity contribution in [2.24, 2.45) is 0 Å². The smallest absolute Gasteiger partial charge is 0.192 e. The third-order valence-corrected chi connectivity index (χ3v) is 3.68. The predicted octanol–water partition coefficient (Wildman–Crippen LogP) is 2.72. The summed E-state index contributed by atoms with van der Waals surface area (Å²) in [6.07, 6.45) is 1.04. The van der Waals surface area contributed by atoms with Gasteiger partial charge in [0.1, 0.15) is 5.52 Å². The summed E-state index contributed by atoms with van der Waals surface area (Å²) in [5.41, 5.74) is 3.22. The fourth-order valence-electron chi connectivity index (χ4n) is 2.39. The molecule has 17 heavy (non-hydrogen) atoms. The van der Waals surface area contributed by atoms with Crippen LogP contribution in [0.4, 0.5) is 0 Å². The minimum absolute atomic E-state index is 0.142. The van der Waals surface area contributed by atoms with Gasteiger partial charge in [0.05, 0.1) is 13.2 Å². The van der Waals surface area contributed by atoms with Crippen molar-refractivity contribution in [2.45, 2.75) is 18.8 Å². The predicted molar refractivity (Wildman–Crippen MR) is 69.7 cm³/mol. The van der Waals surface area contributed by atoms with E-state index in [0.29, 0.717) is 5.89 Å². The Balaban J connectivity index is 2.04. The molecule has 1 aromatic heterocycles. The maximum atomic E-state index is 5.49. The van der Waals surface area contributed by atoms with Crippen LogP contribution in [0, 0.1) is 6.92 Å². The second-order valence-corrected chi connectivity index (χ2v) is 5.11. The fourth-order valence-corrected chi connectivity index (χ4v) is 2.82. The lowest BCUT2D eigenvalue weighted by atomic mass is 9.76. The summed E-state index contributed by atoms with van der Waals surface area (Å²) in [5.74, 6) is 1.59. The Morgan fingerprint density at radius 3 is 2.88 bits per heavy atom. The lowest BCUT2D eigenvalue weighted by Gasteiger charge is -2.41. The number of hydrogen-bond acceptors (Lipinski definition) is 4. The first-order chi connectivity index (χ1) is 8.23. The van der Waals surface area contributed by atoms with E-state index in [1.165, 1.54) is 5.56 Å².